The summed E-state index contributed by atoms with van der Waals surface area (Å²) in [6, 6.07) is 11.6. The summed E-state index contributed by atoms with van der Waals surface area (Å²) in [7, 11) is 0. The van der Waals surface area contributed by atoms with Gasteiger partial charge in [0.2, 0.25) is 11.8 Å². The number of aliphatic hydroxyl groups is 2. The molecule has 338 valence electrons. The molecule has 0 fully saturated rings. The minimum atomic E-state index is -2.27. The molecule has 6 rings (SSSR count). The van der Waals surface area contributed by atoms with Crippen molar-refractivity contribution >= 4 is 68.9 Å². The van der Waals surface area contributed by atoms with Crippen molar-refractivity contribution in [3.05, 3.63) is 58.9 Å². The van der Waals surface area contributed by atoms with Crippen LogP contribution >= 0.6 is 0 Å². The average Bonchev–Trinajstić information content (AvgIpc) is 3.70. The van der Waals surface area contributed by atoms with E-state index in [1.807, 2.05) is 69.2 Å². The number of nitrogens with zero attached hydrogens (tertiary/aromatic N) is 6. The van der Waals surface area contributed by atoms with Gasteiger partial charge in [-0.3, -0.25) is 9.59 Å². The smallest absolute Gasteiger partial charge is 0.340 e. The van der Waals surface area contributed by atoms with E-state index < -0.39 is 24.1 Å². The highest BCUT2D eigenvalue weighted by Crippen LogP contribution is 2.38. The first-order valence-electron chi connectivity index (χ1n) is 21.0. The zero-order valence-corrected chi connectivity index (χ0v) is 36.8. The molecule has 62 heavy (non-hydrogen) atoms. The molecule has 2 atom stereocenters. The summed E-state index contributed by atoms with van der Waals surface area (Å²) in [4.78, 5) is 78.4. The number of benzene rings is 2. The molecule has 18 nitrogen and oxygen atoms in total. The van der Waals surface area contributed by atoms with Crippen molar-refractivity contribution in [2.45, 2.75) is 80.7 Å². The lowest BCUT2D eigenvalue weighted by Gasteiger charge is -2.31. The van der Waals surface area contributed by atoms with E-state index in [0.29, 0.717) is 37.4 Å². The molecule has 0 radical (unpaired) electrons. The van der Waals surface area contributed by atoms with Gasteiger partial charge >= 0.3 is 23.9 Å². The first-order valence-corrected chi connectivity index (χ1v) is 21.0. The number of likely N-dealkylation sites (N-methyl/N-ethyl adjacent to an activating group) is 2. The van der Waals surface area contributed by atoms with E-state index in [0.717, 1.165) is 83.8 Å². The van der Waals surface area contributed by atoms with E-state index in [1.165, 1.54) is 0 Å². The molecule has 2 amide bonds. The Morgan fingerprint density at radius 3 is 1.24 bits per heavy atom. The van der Waals surface area contributed by atoms with Gasteiger partial charge in [0.05, 0.1) is 46.7 Å². The predicted molar refractivity (Wildman–Crippen MR) is 233 cm³/mol. The topological polar surface area (TPSA) is 225 Å². The second-order valence-electron chi connectivity index (χ2n) is 14.6. The second kappa shape index (κ2) is 21.8. The van der Waals surface area contributed by atoms with E-state index >= 15 is 0 Å². The van der Waals surface area contributed by atoms with Crippen LogP contribution in [0.2, 0.25) is 0 Å². The number of carboxylic acid groups (broad SMARTS) is 2. The maximum Gasteiger partial charge on any atom is 0.340 e. The molecule has 0 saturated carbocycles. The van der Waals surface area contributed by atoms with E-state index in [1.54, 1.807) is 13.8 Å². The van der Waals surface area contributed by atoms with Crippen LogP contribution in [0.1, 0.15) is 73.6 Å². The Morgan fingerprint density at radius 1 is 0.613 bits per heavy atom. The Morgan fingerprint density at radius 2 is 0.952 bits per heavy atom. The predicted octanol–water partition coefficient (Wildman–Crippen LogP) is 3.51. The molecular formula is C44H60N6O12. The Hall–Kier alpha value is -5.82. The summed E-state index contributed by atoms with van der Waals surface area (Å²) in [5.41, 5.74) is 6.39. The van der Waals surface area contributed by atoms with Gasteiger partial charge in [-0.1, -0.05) is 52.0 Å². The quantitative estimate of drug-likeness (QED) is 0.112. The number of para-hydroxylation sites is 2. The van der Waals surface area contributed by atoms with Crippen LogP contribution in [0, 0.1) is 13.8 Å². The zero-order valence-electron chi connectivity index (χ0n) is 36.8. The van der Waals surface area contributed by atoms with Crippen LogP contribution in [0.5, 0.6) is 0 Å². The lowest BCUT2D eigenvalue weighted by atomic mass is 10.1. The van der Waals surface area contributed by atoms with E-state index in [4.69, 9.17) is 29.9 Å². The highest BCUT2D eigenvalue weighted by molar-refractivity contribution is 6.15. The number of esters is 2. The average molecular weight is 865 g/mol. The van der Waals surface area contributed by atoms with Gasteiger partial charge in [-0.2, -0.15) is 0 Å². The number of ether oxygens (including phenoxy) is 2. The van der Waals surface area contributed by atoms with Gasteiger partial charge in [-0.25, -0.2) is 19.2 Å². The van der Waals surface area contributed by atoms with E-state index in [9.17, 15) is 28.8 Å². The summed E-state index contributed by atoms with van der Waals surface area (Å²) in [6.07, 6.45) is -4.53. The van der Waals surface area contributed by atoms with E-state index in [2.05, 4.69) is 37.5 Å². The third-order valence-electron chi connectivity index (χ3n) is 11.2. The van der Waals surface area contributed by atoms with Crippen LogP contribution in [-0.4, -0.2) is 153 Å². The number of amides is 2. The van der Waals surface area contributed by atoms with Gasteiger partial charge in [0.25, 0.3) is 0 Å². The maximum atomic E-state index is 12.8. The van der Waals surface area contributed by atoms with Crippen LogP contribution in [0.15, 0.2) is 36.4 Å². The van der Waals surface area contributed by atoms with Crippen LogP contribution in [0.25, 0.3) is 21.8 Å². The Labute approximate surface area is 360 Å². The van der Waals surface area contributed by atoms with Crippen LogP contribution < -0.4 is 9.80 Å². The number of carbonyl (C=O) groups is 6. The number of aliphatic hydroxyl groups excluding tert-OH is 2. The minimum absolute atomic E-state index is 0.0614. The molecular weight excluding hydrogens is 805 g/mol. The number of aromatic nitrogens is 2. The van der Waals surface area contributed by atoms with Gasteiger partial charge in [0.15, 0.2) is 12.2 Å². The number of hydrogen-bond acceptors (Lipinski definition) is 12. The molecule has 18 heteroatoms. The van der Waals surface area contributed by atoms with Gasteiger partial charge in [-0.15, -0.1) is 0 Å². The Kier molecular flexibility index (Phi) is 17.2. The van der Waals surface area contributed by atoms with Gasteiger partial charge < -0.3 is 58.6 Å². The third kappa shape index (κ3) is 10.3. The number of carbonyl (C=O) groups excluding carboxylic acids is 4. The highest BCUT2D eigenvalue weighted by atomic mass is 16.5. The van der Waals surface area contributed by atoms with Crippen LogP contribution in [0.4, 0.5) is 11.4 Å². The van der Waals surface area contributed by atoms with Crippen LogP contribution in [-0.2, 0) is 41.7 Å². The zero-order chi connectivity index (χ0) is 46.0. The van der Waals surface area contributed by atoms with Crippen molar-refractivity contribution in [1.29, 1.82) is 0 Å². The highest BCUT2D eigenvalue weighted by Gasteiger charge is 2.33. The molecule has 4 aromatic rings. The fourth-order valence-electron chi connectivity index (χ4n) is 7.81. The molecule has 0 spiro atoms. The summed E-state index contributed by atoms with van der Waals surface area (Å²) >= 11 is 0. The Bertz CT molecular complexity index is 2120. The summed E-state index contributed by atoms with van der Waals surface area (Å²) in [5.74, 6) is -4.06. The van der Waals surface area contributed by atoms with Gasteiger partial charge in [-0.05, 0) is 66.0 Å². The van der Waals surface area contributed by atoms with Crippen molar-refractivity contribution in [2.24, 2.45) is 0 Å². The van der Waals surface area contributed by atoms with Crippen molar-refractivity contribution < 1.29 is 58.7 Å². The van der Waals surface area contributed by atoms with Crippen molar-refractivity contribution in [3.8, 4) is 0 Å². The number of aliphatic carboxylic acids is 2. The maximum absolute atomic E-state index is 12.8. The largest absolute Gasteiger partial charge is 0.479 e. The molecule has 4 heterocycles. The fraction of sp³-hybridized carbons (Fsp3) is 0.500. The van der Waals surface area contributed by atoms with Crippen LogP contribution in [0.3, 0.4) is 0 Å². The molecule has 2 aliphatic rings. The molecule has 2 aromatic carbocycles. The lowest BCUT2D eigenvalue weighted by molar-refractivity contribution is -0.165. The first-order chi connectivity index (χ1) is 29.5. The number of anilines is 2. The van der Waals surface area contributed by atoms with E-state index in [-0.39, 0.29) is 36.8 Å². The lowest BCUT2D eigenvalue weighted by Crippen LogP contribution is -2.42. The van der Waals surface area contributed by atoms with Crippen molar-refractivity contribution in [3.63, 3.8) is 0 Å². The molecule has 0 saturated heterocycles. The number of rotatable bonds is 17. The first kappa shape index (κ1) is 48.8. The number of carboxylic acids is 2. The third-order valence-corrected chi connectivity index (χ3v) is 11.2. The normalized spacial score (nSPS) is 14.1. The monoisotopic (exact) mass is 864 g/mol. The molecule has 2 aromatic heterocycles. The molecule has 0 aliphatic carbocycles. The standard InChI is InChI=1S/2C20H27N3O3.C4H6O6/c2*1-5-21(6-2)11-12-22-16-10-8-9-15-18(20(25)26-7-3)14(4)23(19(15)16)13-17(22)24;5-1(3(7)8)2(6)4(9)10/h2*8-10H,5-7,11-13H2,1-4H3;1-2,5-6H,(H,7,8)(H,9,10)/t;;1-,2-/m..1/s1. The van der Waals surface area contributed by atoms with Gasteiger partial charge in [0.1, 0.15) is 13.1 Å². The molecule has 0 unspecified atom stereocenters. The SMILES string of the molecule is CCOC(=O)c1c(C)n2c3c(cccc13)N(CCN(CC)CC)C(=O)C2.CCOC(=O)c1c(C)n2c3c(cccc13)N(CCN(CC)CC)C(=O)C2.O=C(O)[C@H](O)[C@@H](O)C(=O)O. The molecule has 2 aliphatic heterocycles. The molecule has 4 N–H and O–H groups in total. The summed E-state index contributed by atoms with van der Waals surface area (Å²) in [5, 5.41) is 34.2. The van der Waals surface area contributed by atoms with Crippen molar-refractivity contribution in [1.82, 2.24) is 18.9 Å². The number of hydrogen-bond donors (Lipinski definition) is 4. The summed E-state index contributed by atoms with van der Waals surface area (Å²) in [6.45, 7) is 23.9. The summed E-state index contributed by atoms with van der Waals surface area (Å²) < 4.78 is 14.4. The second-order valence-corrected chi connectivity index (χ2v) is 14.6. The fourth-order valence-corrected chi connectivity index (χ4v) is 7.81. The molecule has 0 bridgehead atoms. The Balaban J connectivity index is 0.000000225. The van der Waals surface area contributed by atoms with Crippen molar-refractivity contribution in [2.75, 3.05) is 75.4 Å². The minimum Gasteiger partial charge on any atom is -0.479 e. The van der Waals surface area contributed by atoms with Gasteiger partial charge in [0, 0.05) is 48.3 Å².